The number of hydrogen-bond donors (Lipinski definition) is 3. The van der Waals surface area contributed by atoms with Gasteiger partial charge in [0.05, 0.1) is 6.54 Å². The van der Waals surface area contributed by atoms with Gasteiger partial charge in [-0.25, -0.2) is 0 Å². The van der Waals surface area contributed by atoms with Crippen LogP contribution in [0.25, 0.3) is 0 Å². The van der Waals surface area contributed by atoms with Gasteiger partial charge in [0, 0.05) is 36.3 Å². The van der Waals surface area contributed by atoms with Gasteiger partial charge in [0.2, 0.25) is 5.91 Å². The Morgan fingerprint density at radius 2 is 1.61 bits per heavy atom. The molecule has 1 aromatic rings. The number of carbonyl (C=O) groups is 3. The van der Waals surface area contributed by atoms with Crippen LogP contribution in [0.5, 0.6) is 0 Å². The predicted octanol–water partition coefficient (Wildman–Crippen LogP) is -0.494. The highest BCUT2D eigenvalue weighted by molar-refractivity contribution is 5.98. The van der Waals surface area contributed by atoms with Crippen LogP contribution in [0, 0.1) is 0 Å². The fourth-order valence-corrected chi connectivity index (χ4v) is 2.61. The van der Waals surface area contributed by atoms with Crippen molar-refractivity contribution >= 4 is 17.6 Å². The number of carbonyl (C=O) groups excluding carboxylic acids is 3. The van der Waals surface area contributed by atoms with Crippen molar-refractivity contribution in [2.45, 2.75) is 25.4 Å². The first-order chi connectivity index (χ1) is 10.9. The number of benzene rings is 1. The number of piperidine rings is 1. The summed E-state index contributed by atoms with van der Waals surface area (Å²) in [6.45, 7) is 2.26. The summed E-state index contributed by atoms with van der Waals surface area (Å²) in [4.78, 5) is 36.9. The predicted molar refractivity (Wildman–Crippen MR) is 85.9 cm³/mol. The zero-order chi connectivity index (χ0) is 17.0. The highest BCUT2D eigenvalue weighted by Gasteiger charge is 2.26. The molecule has 1 aliphatic heterocycles. The van der Waals surface area contributed by atoms with E-state index in [4.69, 9.17) is 11.5 Å². The molecule has 0 saturated carbocycles. The maximum atomic E-state index is 12.1. The van der Waals surface area contributed by atoms with Crippen molar-refractivity contribution in [3.8, 4) is 0 Å². The lowest BCUT2D eigenvalue weighted by Crippen LogP contribution is -2.55. The molecule has 1 heterocycles. The third-order valence-corrected chi connectivity index (χ3v) is 3.82. The molecule has 2 amide bonds. The van der Waals surface area contributed by atoms with Gasteiger partial charge in [-0.3, -0.25) is 14.4 Å². The molecule has 0 aromatic heterocycles. The monoisotopic (exact) mass is 318 g/mol. The number of nitrogens with one attached hydrogen (secondary N) is 1. The Morgan fingerprint density at radius 3 is 2.13 bits per heavy atom. The summed E-state index contributed by atoms with van der Waals surface area (Å²) in [5, 5.41) is 2.58. The summed E-state index contributed by atoms with van der Waals surface area (Å²) in [5.41, 5.74) is 12.6. The highest BCUT2D eigenvalue weighted by Crippen LogP contribution is 2.08. The maximum Gasteiger partial charge on any atom is 0.251 e. The fraction of sp³-hybridized carbons (Fsp3) is 0.438. The van der Waals surface area contributed by atoms with Gasteiger partial charge in [-0.2, -0.15) is 0 Å². The fourth-order valence-electron chi connectivity index (χ4n) is 2.61. The van der Waals surface area contributed by atoms with E-state index >= 15 is 0 Å². The Bertz CT molecular complexity index is 590. The number of likely N-dealkylation sites (tertiary alicyclic amines) is 1. The molecule has 0 aliphatic carbocycles. The van der Waals surface area contributed by atoms with E-state index in [1.54, 1.807) is 29.2 Å². The van der Waals surface area contributed by atoms with Gasteiger partial charge in [0.1, 0.15) is 0 Å². The van der Waals surface area contributed by atoms with E-state index in [2.05, 4.69) is 5.32 Å². The van der Waals surface area contributed by atoms with Gasteiger partial charge in [0.15, 0.2) is 5.78 Å². The summed E-state index contributed by atoms with van der Waals surface area (Å²) in [6, 6.07) is 6.03. The zero-order valence-electron chi connectivity index (χ0n) is 13.1. The number of nitrogens with two attached hydrogens (primary N) is 2. The Morgan fingerprint density at radius 1 is 1.09 bits per heavy atom. The average molecular weight is 318 g/mol. The van der Waals surface area contributed by atoms with Crippen molar-refractivity contribution < 1.29 is 14.4 Å². The topological polar surface area (TPSA) is 119 Å². The van der Waals surface area contributed by atoms with Gasteiger partial charge in [-0.05, 0) is 25.5 Å². The molecule has 0 radical (unpaired) electrons. The highest BCUT2D eigenvalue weighted by atomic mass is 16.2. The van der Waals surface area contributed by atoms with E-state index in [1.807, 2.05) is 0 Å². The minimum atomic E-state index is -0.362. The summed E-state index contributed by atoms with van der Waals surface area (Å²) >= 11 is 0. The second-order valence-corrected chi connectivity index (χ2v) is 5.87. The van der Waals surface area contributed by atoms with E-state index in [-0.39, 0.29) is 36.2 Å². The third-order valence-electron chi connectivity index (χ3n) is 3.82. The van der Waals surface area contributed by atoms with Gasteiger partial charge >= 0.3 is 0 Å². The molecular formula is C16H22N4O3. The lowest BCUT2D eigenvalue weighted by molar-refractivity contribution is -0.131. The SMILES string of the molecule is CC(=O)c1ccc(C(=O)NCC(=O)N2CC(N)CC(N)C2)cc1. The molecule has 1 fully saturated rings. The van der Waals surface area contributed by atoms with Crippen molar-refractivity contribution in [2.24, 2.45) is 11.5 Å². The first-order valence-electron chi connectivity index (χ1n) is 7.55. The minimum Gasteiger partial charge on any atom is -0.343 e. The van der Waals surface area contributed by atoms with Crippen molar-refractivity contribution in [1.29, 1.82) is 0 Å². The Labute approximate surface area is 135 Å². The minimum absolute atomic E-state index is 0.0649. The van der Waals surface area contributed by atoms with E-state index in [1.165, 1.54) is 6.92 Å². The number of rotatable bonds is 4. The lowest BCUT2D eigenvalue weighted by Gasteiger charge is -2.34. The van der Waals surface area contributed by atoms with E-state index in [0.29, 0.717) is 30.6 Å². The molecular weight excluding hydrogens is 296 g/mol. The van der Waals surface area contributed by atoms with Crippen LogP contribution in [0.15, 0.2) is 24.3 Å². The Kier molecular flexibility index (Phi) is 5.46. The lowest BCUT2D eigenvalue weighted by atomic mass is 10.0. The number of amides is 2. The molecule has 2 rings (SSSR count). The normalized spacial score (nSPS) is 20.9. The van der Waals surface area contributed by atoms with Crippen LogP contribution in [0.4, 0.5) is 0 Å². The number of ketones is 1. The molecule has 1 aromatic carbocycles. The second-order valence-electron chi connectivity index (χ2n) is 5.87. The van der Waals surface area contributed by atoms with Crippen molar-refractivity contribution in [3.63, 3.8) is 0 Å². The maximum absolute atomic E-state index is 12.1. The summed E-state index contributed by atoms with van der Waals surface area (Å²) in [6.07, 6.45) is 0.693. The van der Waals surface area contributed by atoms with Crippen molar-refractivity contribution in [1.82, 2.24) is 10.2 Å². The molecule has 1 saturated heterocycles. The van der Waals surface area contributed by atoms with Crippen LogP contribution in [-0.2, 0) is 4.79 Å². The summed E-state index contributed by atoms with van der Waals surface area (Å²) in [5.74, 6) is -0.631. The van der Waals surface area contributed by atoms with E-state index < -0.39 is 0 Å². The molecule has 124 valence electrons. The number of Topliss-reactive ketones (excluding diaryl/α,β-unsaturated/α-hetero) is 1. The number of hydrogen-bond acceptors (Lipinski definition) is 5. The van der Waals surface area contributed by atoms with Crippen molar-refractivity contribution in [3.05, 3.63) is 35.4 Å². The molecule has 7 nitrogen and oxygen atoms in total. The molecule has 7 heteroatoms. The third kappa shape index (κ3) is 4.61. The van der Waals surface area contributed by atoms with Crippen LogP contribution in [0.2, 0.25) is 0 Å². The van der Waals surface area contributed by atoms with Crippen molar-refractivity contribution in [2.75, 3.05) is 19.6 Å². The van der Waals surface area contributed by atoms with Crippen LogP contribution in [0.1, 0.15) is 34.1 Å². The summed E-state index contributed by atoms with van der Waals surface area (Å²) in [7, 11) is 0. The Balaban J connectivity index is 1.88. The Hall–Kier alpha value is -2.25. The van der Waals surface area contributed by atoms with Crippen LogP contribution < -0.4 is 16.8 Å². The molecule has 2 atom stereocenters. The van der Waals surface area contributed by atoms with Crippen LogP contribution in [0.3, 0.4) is 0 Å². The van der Waals surface area contributed by atoms with Gasteiger partial charge in [0.25, 0.3) is 5.91 Å². The summed E-state index contributed by atoms with van der Waals surface area (Å²) < 4.78 is 0. The zero-order valence-corrected chi connectivity index (χ0v) is 13.1. The molecule has 5 N–H and O–H groups in total. The second kappa shape index (κ2) is 7.34. The molecule has 1 aliphatic rings. The largest absolute Gasteiger partial charge is 0.343 e. The first kappa shape index (κ1) is 17.1. The first-order valence-corrected chi connectivity index (χ1v) is 7.55. The van der Waals surface area contributed by atoms with Crippen LogP contribution in [-0.4, -0.2) is 54.2 Å². The smallest absolute Gasteiger partial charge is 0.251 e. The molecule has 0 spiro atoms. The van der Waals surface area contributed by atoms with E-state index in [0.717, 1.165) is 0 Å². The standard InChI is InChI=1S/C16H22N4O3/c1-10(21)11-2-4-12(5-3-11)16(23)19-7-15(22)20-8-13(17)6-14(18)9-20/h2-5,13-14H,6-9,17-18H2,1H3,(H,19,23). The van der Waals surface area contributed by atoms with Gasteiger partial charge in [-0.15, -0.1) is 0 Å². The molecule has 0 bridgehead atoms. The molecule has 2 unspecified atom stereocenters. The van der Waals surface area contributed by atoms with Gasteiger partial charge < -0.3 is 21.7 Å². The number of nitrogens with zero attached hydrogens (tertiary/aromatic N) is 1. The van der Waals surface area contributed by atoms with Crippen LogP contribution >= 0.6 is 0 Å². The van der Waals surface area contributed by atoms with E-state index in [9.17, 15) is 14.4 Å². The molecule has 23 heavy (non-hydrogen) atoms. The van der Waals surface area contributed by atoms with Gasteiger partial charge in [-0.1, -0.05) is 12.1 Å². The quantitative estimate of drug-likeness (QED) is 0.647. The average Bonchev–Trinajstić information content (AvgIpc) is 2.51.